The number of nitrogens with one attached hydrogen (secondary N) is 1. The van der Waals surface area contributed by atoms with Crippen molar-refractivity contribution in [2.45, 2.75) is 51.5 Å². The lowest BCUT2D eigenvalue weighted by molar-refractivity contribution is 0.458. The summed E-state index contributed by atoms with van der Waals surface area (Å²) in [5, 5.41) is 3.20. The Morgan fingerprint density at radius 1 is 1.31 bits per heavy atom. The average molecular weight is 223 g/mol. The van der Waals surface area contributed by atoms with E-state index >= 15 is 0 Å². The molecule has 0 bridgehead atoms. The van der Waals surface area contributed by atoms with E-state index in [1.165, 1.54) is 25.6 Å². The summed E-state index contributed by atoms with van der Waals surface area (Å²) < 4.78 is 13.8. The van der Waals surface area contributed by atoms with Crippen LogP contribution in [-0.2, 0) is 6.42 Å². The van der Waals surface area contributed by atoms with E-state index in [2.05, 4.69) is 15.3 Å². The summed E-state index contributed by atoms with van der Waals surface area (Å²) >= 11 is 0. The first kappa shape index (κ1) is 11.3. The molecule has 0 amide bonds. The van der Waals surface area contributed by atoms with E-state index in [0.717, 1.165) is 12.8 Å². The molecule has 0 saturated heterocycles. The van der Waals surface area contributed by atoms with Gasteiger partial charge in [0, 0.05) is 6.04 Å². The summed E-state index contributed by atoms with van der Waals surface area (Å²) in [6, 6.07) is 0.378. The predicted octanol–water partition coefficient (Wildman–Crippen LogP) is 2.92. The summed E-state index contributed by atoms with van der Waals surface area (Å²) in [7, 11) is 0. The maximum Gasteiger partial charge on any atom is 0.186 e. The first-order valence-corrected chi connectivity index (χ1v) is 6.07. The standard InChI is InChI=1S/C12H18FN3/c1-2-10-11(13)12(15-8-14-10)16-9-6-4-3-5-7-9/h8-9H,2-7H2,1H3,(H,14,15,16). The molecular formula is C12H18FN3. The average Bonchev–Trinajstić information content (AvgIpc) is 2.33. The summed E-state index contributed by atoms with van der Waals surface area (Å²) in [5.74, 6) is 0.0920. The highest BCUT2D eigenvalue weighted by atomic mass is 19.1. The minimum absolute atomic E-state index is 0.282. The van der Waals surface area contributed by atoms with Crippen molar-refractivity contribution in [1.29, 1.82) is 0 Å². The first-order chi connectivity index (χ1) is 7.81. The Bertz CT molecular complexity index is 348. The van der Waals surface area contributed by atoms with Gasteiger partial charge in [0.05, 0.1) is 5.69 Å². The molecule has 1 aliphatic rings. The minimum atomic E-state index is -0.282. The zero-order chi connectivity index (χ0) is 11.4. The van der Waals surface area contributed by atoms with Crippen LogP contribution >= 0.6 is 0 Å². The van der Waals surface area contributed by atoms with Crippen LogP contribution in [0.25, 0.3) is 0 Å². The largest absolute Gasteiger partial charge is 0.365 e. The fraction of sp³-hybridized carbons (Fsp3) is 0.667. The second kappa shape index (κ2) is 5.23. The Morgan fingerprint density at radius 3 is 2.75 bits per heavy atom. The second-order valence-electron chi connectivity index (χ2n) is 4.32. The fourth-order valence-electron chi connectivity index (χ4n) is 2.19. The molecule has 3 nitrogen and oxygen atoms in total. The van der Waals surface area contributed by atoms with Gasteiger partial charge in [0.25, 0.3) is 0 Å². The Labute approximate surface area is 95.5 Å². The second-order valence-corrected chi connectivity index (χ2v) is 4.32. The van der Waals surface area contributed by atoms with E-state index in [1.54, 1.807) is 0 Å². The fourth-order valence-corrected chi connectivity index (χ4v) is 2.19. The Hall–Kier alpha value is -1.19. The number of hydrogen-bond acceptors (Lipinski definition) is 3. The van der Waals surface area contributed by atoms with Gasteiger partial charge in [0.2, 0.25) is 0 Å². The third-order valence-corrected chi connectivity index (χ3v) is 3.14. The molecular weight excluding hydrogens is 205 g/mol. The zero-order valence-electron chi connectivity index (χ0n) is 9.67. The number of anilines is 1. The summed E-state index contributed by atoms with van der Waals surface area (Å²) in [6.07, 6.45) is 8.03. The van der Waals surface area contributed by atoms with Gasteiger partial charge in [-0.1, -0.05) is 26.2 Å². The molecule has 0 spiro atoms. The molecule has 0 unspecified atom stereocenters. The SMILES string of the molecule is CCc1ncnc(NC2CCCCC2)c1F. The van der Waals surface area contributed by atoms with Gasteiger partial charge in [0.15, 0.2) is 11.6 Å². The molecule has 1 aromatic rings. The van der Waals surface area contributed by atoms with Gasteiger partial charge in [0.1, 0.15) is 6.33 Å². The molecule has 0 aliphatic heterocycles. The van der Waals surface area contributed by atoms with Crippen LogP contribution in [0.2, 0.25) is 0 Å². The van der Waals surface area contributed by atoms with Crippen LogP contribution < -0.4 is 5.32 Å². The van der Waals surface area contributed by atoms with E-state index in [1.807, 2.05) is 6.92 Å². The normalized spacial score (nSPS) is 17.4. The van der Waals surface area contributed by atoms with Gasteiger partial charge in [-0.15, -0.1) is 0 Å². The van der Waals surface area contributed by atoms with Crippen molar-refractivity contribution in [3.63, 3.8) is 0 Å². The van der Waals surface area contributed by atoms with E-state index in [4.69, 9.17) is 0 Å². The van der Waals surface area contributed by atoms with Crippen molar-refractivity contribution >= 4 is 5.82 Å². The van der Waals surface area contributed by atoms with E-state index in [0.29, 0.717) is 24.0 Å². The number of hydrogen-bond donors (Lipinski definition) is 1. The first-order valence-electron chi connectivity index (χ1n) is 6.07. The van der Waals surface area contributed by atoms with Crippen LogP contribution in [0, 0.1) is 5.82 Å². The third-order valence-electron chi connectivity index (χ3n) is 3.14. The van der Waals surface area contributed by atoms with Crippen molar-refractivity contribution < 1.29 is 4.39 Å². The Kier molecular flexibility index (Phi) is 3.70. The highest BCUT2D eigenvalue weighted by Crippen LogP contribution is 2.22. The lowest BCUT2D eigenvalue weighted by Crippen LogP contribution is -2.23. The molecule has 1 fully saturated rings. The topological polar surface area (TPSA) is 37.8 Å². The van der Waals surface area contributed by atoms with Crippen LogP contribution in [-0.4, -0.2) is 16.0 Å². The van der Waals surface area contributed by atoms with Gasteiger partial charge in [-0.3, -0.25) is 0 Å². The maximum absolute atomic E-state index is 13.8. The van der Waals surface area contributed by atoms with Crippen molar-refractivity contribution in [2.75, 3.05) is 5.32 Å². The molecule has 2 rings (SSSR count). The van der Waals surface area contributed by atoms with Crippen molar-refractivity contribution in [1.82, 2.24) is 9.97 Å². The molecule has 0 atom stereocenters. The lowest BCUT2D eigenvalue weighted by Gasteiger charge is -2.23. The van der Waals surface area contributed by atoms with Gasteiger partial charge in [-0.05, 0) is 19.3 Å². The van der Waals surface area contributed by atoms with Gasteiger partial charge in [-0.2, -0.15) is 0 Å². The van der Waals surface area contributed by atoms with Crippen molar-refractivity contribution in [3.05, 3.63) is 17.8 Å². The maximum atomic E-state index is 13.8. The molecule has 1 saturated carbocycles. The van der Waals surface area contributed by atoms with E-state index in [9.17, 15) is 4.39 Å². The molecule has 1 heterocycles. The molecule has 1 N–H and O–H groups in total. The number of aryl methyl sites for hydroxylation is 1. The highest BCUT2D eigenvalue weighted by Gasteiger charge is 2.16. The van der Waals surface area contributed by atoms with Crippen molar-refractivity contribution in [2.24, 2.45) is 0 Å². The smallest absolute Gasteiger partial charge is 0.186 e. The van der Waals surface area contributed by atoms with Gasteiger partial charge < -0.3 is 5.32 Å². The zero-order valence-corrected chi connectivity index (χ0v) is 9.67. The monoisotopic (exact) mass is 223 g/mol. The van der Waals surface area contributed by atoms with Crippen LogP contribution in [0.15, 0.2) is 6.33 Å². The summed E-state index contributed by atoms with van der Waals surface area (Å²) in [6.45, 7) is 1.90. The van der Waals surface area contributed by atoms with Crippen molar-refractivity contribution in [3.8, 4) is 0 Å². The van der Waals surface area contributed by atoms with Gasteiger partial charge in [-0.25, -0.2) is 14.4 Å². The van der Waals surface area contributed by atoms with Crippen LogP contribution in [0.3, 0.4) is 0 Å². The predicted molar refractivity (Wildman–Crippen MR) is 61.9 cm³/mol. The molecule has 4 heteroatoms. The Morgan fingerprint density at radius 2 is 2.06 bits per heavy atom. The molecule has 88 valence electrons. The molecule has 1 aliphatic carbocycles. The number of halogens is 1. The van der Waals surface area contributed by atoms with Crippen LogP contribution in [0.1, 0.15) is 44.7 Å². The quantitative estimate of drug-likeness (QED) is 0.856. The molecule has 0 aromatic carbocycles. The Balaban J connectivity index is 2.08. The number of nitrogens with zero attached hydrogens (tertiary/aromatic N) is 2. The summed E-state index contributed by atoms with van der Waals surface area (Å²) in [4.78, 5) is 7.91. The van der Waals surface area contributed by atoms with Crippen LogP contribution in [0.4, 0.5) is 10.2 Å². The minimum Gasteiger partial charge on any atom is -0.365 e. The molecule has 0 radical (unpaired) electrons. The summed E-state index contributed by atoms with van der Waals surface area (Å²) in [5.41, 5.74) is 0.494. The van der Waals surface area contributed by atoms with E-state index in [-0.39, 0.29) is 5.82 Å². The molecule has 16 heavy (non-hydrogen) atoms. The van der Waals surface area contributed by atoms with Gasteiger partial charge >= 0.3 is 0 Å². The lowest BCUT2D eigenvalue weighted by atomic mass is 9.95. The van der Waals surface area contributed by atoms with E-state index < -0.39 is 0 Å². The molecule has 1 aromatic heterocycles. The number of aromatic nitrogens is 2. The number of rotatable bonds is 3. The van der Waals surface area contributed by atoms with Crippen LogP contribution in [0.5, 0.6) is 0 Å². The third kappa shape index (κ3) is 2.49. The highest BCUT2D eigenvalue weighted by molar-refractivity contribution is 5.38.